The smallest absolute Gasteiger partial charge is 0.327 e. The van der Waals surface area contributed by atoms with Crippen LogP contribution >= 0.6 is 0 Å². The number of imide groups is 1. The molecule has 4 rings (SSSR count). The molecule has 3 fully saturated rings. The molecule has 0 spiro atoms. The van der Waals surface area contributed by atoms with Gasteiger partial charge in [0.25, 0.3) is 5.91 Å². The topological polar surface area (TPSA) is 59.1 Å². The van der Waals surface area contributed by atoms with E-state index < -0.39 is 0 Å². The van der Waals surface area contributed by atoms with Crippen molar-refractivity contribution < 1.29 is 9.59 Å². The molecule has 3 amide bonds. The fourth-order valence-corrected chi connectivity index (χ4v) is 5.44. The number of anilines is 1. The van der Waals surface area contributed by atoms with Gasteiger partial charge in [-0.25, -0.2) is 4.79 Å². The molecular weight excluding hydrogens is 390 g/mol. The Balaban J connectivity index is 1.60. The number of urea groups is 1. The molecule has 7 nitrogen and oxygen atoms in total. The van der Waals surface area contributed by atoms with Gasteiger partial charge in [0, 0.05) is 32.4 Å². The predicted molar refractivity (Wildman–Crippen MR) is 123 cm³/mol. The van der Waals surface area contributed by atoms with Crippen LogP contribution in [0, 0.1) is 19.8 Å². The van der Waals surface area contributed by atoms with Gasteiger partial charge in [0.1, 0.15) is 18.5 Å². The van der Waals surface area contributed by atoms with E-state index in [1.807, 2.05) is 7.05 Å². The quantitative estimate of drug-likeness (QED) is 0.707. The van der Waals surface area contributed by atoms with Gasteiger partial charge in [0.15, 0.2) is 0 Å². The molecule has 170 valence electrons. The van der Waals surface area contributed by atoms with Crippen LogP contribution in [0.2, 0.25) is 0 Å². The summed E-state index contributed by atoms with van der Waals surface area (Å²) in [5, 5.41) is 3.62. The number of rotatable bonds is 6. The van der Waals surface area contributed by atoms with Crippen molar-refractivity contribution in [2.45, 2.75) is 71.9 Å². The zero-order valence-corrected chi connectivity index (χ0v) is 19.6. The van der Waals surface area contributed by atoms with Gasteiger partial charge < -0.3 is 9.80 Å². The van der Waals surface area contributed by atoms with E-state index in [0.29, 0.717) is 12.5 Å². The highest BCUT2D eigenvalue weighted by Crippen LogP contribution is 2.35. The van der Waals surface area contributed by atoms with Crippen LogP contribution in [-0.2, 0) is 4.79 Å². The van der Waals surface area contributed by atoms with E-state index in [9.17, 15) is 9.59 Å². The van der Waals surface area contributed by atoms with E-state index in [-0.39, 0.29) is 30.4 Å². The van der Waals surface area contributed by atoms with E-state index in [4.69, 9.17) is 0 Å². The lowest BCUT2D eigenvalue weighted by Gasteiger charge is -2.46. The van der Waals surface area contributed by atoms with E-state index in [0.717, 1.165) is 38.8 Å². The number of benzene rings is 1. The van der Waals surface area contributed by atoms with Gasteiger partial charge in [-0.1, -0.05) is 39.2 Å². The van der Waals surface area contributed by atoms with Crippen molar-refractivity contribution in [3.8, 4) is 0 Å². The average molecular weight is 428 g/mol. The lowest BCUT2D eigenvalue weighted by Crippen LogP contribution is -2.66. The van der Waals surface area contributed by atoms with Crippen molar-refractivity contribution in [3.63, 3.8) is 0 Å². The third-order valence-electron chi connectivity index (χ3n) is 6.86. The molecule has 0 bridgehead atoms. The Hall–Kier alpha value is -2.12. The van der Waals surface area contributed by atoms with Crippen LogP contribution in [0.5, 0.6) is 0 Å². The van der Waals surface area contributed by atoms with Crippen molar-refractivity contribution in [3.05, 3.63) is 29.3 Å². The van der Waals surface area contributed by atoms with Crippen LogP contribution in [0.4, 0.5) is 10.5 Å². The molecule has 1 N–H and O–H groups in total. The van der Waals surface area contributed by atoms with Crippen LogP contribution in [0.3, 0.4) is 0 Å². The first kappa shape index (κ1) is 22.1. The van der Waals surface area contributed by atoms with Crippen molar-refractivity contribution in [1.29, 1.82) is 0 Å². The number of amides is 3. The molecule has 0 aliphatic carbocycles. The molecule has 31 heavy (non-hydrogen) atoms. The summed E-state index contributed by atoms with van der Waals surface area (Å²) in [7, 11) is 1.82. The minimum atomic E-state index is -0.338. The number of carbonyl (C=O) groups is 2. The van der Waals surface area contributed by atoms with E-state index in [1.54, 1.807) is 4.90 Å². The third-order valence-corrected chi connectivity index (χ3v) is 6.86. The fourth-order valence-electron chi connectivity index (χ4n) is 5.44. The first-order chi connectivity index (χ1) is 14.8. The molecule has 3 aliphatic heterocycles. The monoisotopic (exact) mass is 427 g/mol. The number of hydrogen-bond acceptors (Lipinski definition) is 5. The van der Waals surface area contributed by atoms with Gasteiger partial charge in [-0.15, -0.1) is 0 Å². The summed E-state index contributed by atoms with van der Waals surface area (Å²) in [6, 6.07) is 6.09. The number of fused-ring (bicyclic) bond motifs is 3. The van der Waals surface area contributed by atoms with E-state index >= 15 is 0 Å². The number of hydrogen-bond donors (Lipinski definition) is 1. The maximum absolute atomic E-state index is 13.5. The van der Waals surface area contributed by atoms with Gasteiger partial charge in [0.05, 0.1) is 0 Å². The summed E-state index contributed by atoms with van der Waals surface area (Å²) in [6.45, 7) is 10.9. The second kappa shape index (κ2) is 8.79. The van der Waals surface area contributed by atoms with Crippen LogP contribution < -0.4 is 10.2 Å². The predicted octanol–water partition coefficient (Wildman–Crippen LogP) is 3.12. The lowest BCUT2D eigenvalue weighted by molar-refractivity contribution is -0.138. The van der Waals surface area contributed by atoms with Gasteiger partial charge in [-0.05, 0) is 49.4 Å². The first-order valence-electron chi connectivity index (χ1n) is 11.8. The molecule has 4 unspecified atom stereocenters. The van der Waals surface area contributed by atoms with Crippen LogP contribution in [-0.4, -0.2) is 71.8 Å². The molecule has 4 atom stereocenters. The number of nitrogens with zero attached hydrogens (tertiary/aromatic N) is 4. The second-order valence-corrected chi connectivity index (χ2v) is 9.67. The Bertz CT molecular complexity index is 823. The summed E-state index contributed by atoms with van der Waals surface area (Å²) < 4.78 is 0. The van der Waals surface area contributed by atoms with Gasteiger partial charge in [-0.2, -0.15) is 0 Å². The van der Waals surface area contributed by atoms with Gasteiger partial charge in [-0.3, -0.25) is 19.9 Å². The minimum absolute atomic E-state index is 0.0472. The first-order valence-corrected chi connectivity index (χ1v) is 11.8. The van der Waals surface area contributed by atoms with Crippen LogP contribution in [0.25, 0.3) is 0 Å². The molecule has 1 aromatic carbocycles. The van der Waals surface area contributed by atoms with E-state index in [2.05, 4.69) is 61.0 Å². The highest BCUT2D eigenvalue weighted by Gasteiger charge is 2.56. The highest BCUT2D eigenvalue weighted by atomic mass is 16.2. The Labute approximate surface area is 186 Å². The summed E-state index contributed by atoms with van der Waals surface area (Å²) in [4.78, 5) is 34.4. The van der Waals surface area contributed by atoms with Gasteiger partial charge >= 0.3 is 6.03 Å². The normalized spacial score (nSPS) is 28.9. The number of unbranched alkanes of at least 4 members (excludes halogenated alkanes) is 3. The molecule has 0 saturated carbocycles. The minimum Gasteiger partial charge on any atom is -0.343 e. The number of likely N-dealkylation sites (N-methyl/N-ethyl adjacent to an activating group) is 1. The summed E-state index contributed by atoms with van der Waals surface area (Å²) in [5.74, 6) is 0.375. The highest BCUT2D eigenvalue weighted by molar-refractivity contribution is 6.00. The Morgan fingerprint density at radius 2 is 1.74 bits per heavy atom. The number of carbonyl (C=O) groups excluding carboxylic acids is 2. The van der Waals surface area contributed by atoms with E-state index in [1.165, 1.54) is 21.7 Å². The Morgan fingerprint density at radius 1 is 1.03 bits per heavy atom. The lowest BCUT2D eigenvalue weighted by atomic mass is 10.0. The molecule has 1 aromatic rings. The Morgan fingerprint density at radius 3 is 2.42 bits per heavy atom. The molecule has 3 saturated heterocycles. The Kier molecular flexibility index (Phi) is 6.26. The standard InChI is InChI=1S/C24H37N5O2/c1-6-7-8-9-10-27-22(30)20-21(26(5)24(27)31)25-23-28(14-18(4)15-29(20)23)19-12-16(2)11-17(3)13-19/h11-13,18,20-21,23,25H,6-10,14-15H2,1-5H3. The van der Waals surface area contributed by atoms with Gasteiger partial charge in [0.2, 0.25) is 0 Å². The second-order valence-electron chi connectivity index (χ2n) is 9.67. The fraction of sp³-hybridized carbons (Fsp3) is 0.667. The number of aryl methyl sites for hydroxylation is 2. The average Bonchev–Trinajstić information content (AvgIpc) is 3.10. The zero-order chi connectivity index (χ0) is 22.3. The summed E-state index contributed by atoms with van der Waals surface area (Å²) in [5.41, 5.74) is 3.64. The zero-order valence-electron chi connectivity index (χ0n) is 19.6. The SMILES string of the molecule is CCCCCCN1C(=O)C2C(NC3N(c4cc(C)cc(C)c4)CC(C)CN23)N(C)C1=O. The van der Waals surface area contributed by atoms with Crippen LogP contribution in [0.1, 0.15) is 50.7 Å². The van der Waals surface area contributed by atoms with Crippen molar-refractivity contribution in [2.75, 3.05) is 31.6 Å². The molecule has 0 aromatic heterocycles. The van der Waals surface area contributed by atoms with Crippen molar-refractivity contribution in [2.24, 2.45) is 5.92 Å². The largest absolute Gasteiger partial charge is 0.343 e. The maximum atomic E-state index is 13.5. The molecule has 3 heterocycles. The van der Waals surface area contributed by atoms with Crippen LogP contribution in [0.15, 0.2) is 18.2 Å². The molecule has 0 radical (unpaired) electrons. The van der Waals surface area contributed by atoms with Crippen molar-refractivity contribution in [1.82, 2.24) is 20.0 Å². The summed E-state index contributed by atoms with van der Waals surface area (Å²) >= 11 is 0. The maximum Gasteiger partial charge on any atom is 0.327 e. The molecular formula is C24H37N5O2. The molecule has 3 aliphatic rings. The number of nitrogens with one attached hydrogen (secondary N) is 1. The van der Waals surface area contributed by atoms with Crippen molar-refractivity contribution >= 4 is 17.6 Å². The summed E-state index contributed by atoms with van der Waals surface area (Å²) in [6.07, 6.45) is 3.81. The molecule has 7 heteroatoms. The third kappa shape index (κ3) is 4.05.